The zero-order chi connectivity index (χ0) is 17.4. The van der Waals surface area contributed by atoms with Crippen molar-refractivity contribution in [3.05, 3.63) is 30.5 Å². The molecular weight excluding hydrogens is 360 g/mol. The lowest BCUT2D eigenvalue weighted by Gasteiger charge is -2.10. The Morgan fingerprint density at radius 2 is 2.24 bits per heavy atom. The highest BCUT2D eigenvalue weighted by molar-refractivity contribution is 7.98. The smallest absolute Gasteiger partial charge is 0.234 e. The summed E-state index contributed by atoms with van der Waals surface area (Å²) < 4.78 is 27.3. The molecular formula is C15H18N6O2S2. The first-order chi connectivity index (χ1) is 12.1. The van der Waals surface area contributed by atoms with E-state index in [0.29, 0.717) is 23.7 Å². The minimum atomic E-state index is -3.01. The Labute approximate surface area is 149 Å². The fourth-order valence-corrected chi connectivity index (χ4v) is 5.08. The number of thioether (sulfide) groups is 1. The first-order valence-corrected chi connectivity index (χ1v) is 11.2. The maximum absolute atomic E-state index is 11.9. The molecule has 1 fully saturated rings. The maximum atomic E-state index is 11.9. The molecule has 1 aliphatic rings. The molecule has 25 heavy (non-hydrogen) atoms. The number of hydrogen-bond donors (Lipinski definition) is 0. The lowest BCUT2D eigenvalue weighted by atomic mass is 10.2. The molecule has 10 heteroatoms. The summed E-state index contributed by atoms with van der Waals surface area (Å²) >= 11 is 1.73. The highest BCUT2D eigenvalue weighted by Crippen LogP contribution is 2.28. The number of rotatable bonds is 5. The topological polar surface area (TPSA) is 95.0 Å². The number of aryl methyl sites for hydroxylation is 1. The van der Waals surface area contributed by atoms with E-state index in [-0.39, 0.29) is 17.5 Å². The van der Waals surface area contributed by atoms with E-state index in [2.05, 4.69) is 20.1 Å². The zero-order valence-electron chi connectivity index (χ0n) is 13.7. The average molecular weight is 378 g/mol. The summed E-state index contributed by atoms with van der Waals surface area (Å²) in [6, 6.07) is 1.64. The Morgan fingerprint density at radius 1 is 1.36 bits per heavy atom. The number of nitrogens with zero attached hydrogens (tertiary/aromatic N) is 6. The molecule has 0 unspecified atom stereocenters. The lowest BCUT2D eigenvalue weighted by Crippen LogP contribution is -2.14. The van der Waals surface area contributed by atoms with Gasteiger partial charge >= 0.3 is 0 Å². The molecule has 1 saturated heterocycles. The predicted octanol–water partition coefficient (Wildman–Crippen LogP) is 1.25. The van der Waals surface area contributed by atoms with Crippen LogP contribution in [-0.2, 0) is 16.3 Å². The normalized spacial score (nSPS) is 19.6. The van der Waals surface area contributed by atoms with E-state index in [1.807, 2.05) is 29.1 Å². The number of hydrogen-bond acceptors (Lipinski definition) is 7. The van der Waals surface area contributed by atoms with Gasteiger partial charge in [0.05, 0.1) is 17.5 Å². The van der Waals surface area contributed by atoms with Crippen molar-refractivity contribution in [2.75, 3.05) is 23.5 Å². The minimum absolute atomic E-state index is 0.108. The second kappa shape index (κ2) is 6.41. The third kappa shape index (κ3) is 3.28. The van der Waals surface area contributed by atoms with Gasteiger partial charge in [-0.1, -0.05) is 0 Å². The van der Waals surface area contributed by atoms with E-state index in [9.17, 15) is 8.42 Å². The van der Waals surface area contributed by atoms with Gasteiger partial charge in [-0.2, -0.15) is 16.9 Å². The number of fused-ring (bicyclic) bond motifs is 1. The van der Waals surface area contributed by atoms with Gasteiger partial charge in [-0.15, -0.1) is 0 Å². The molecule has 3 aromatic rings. The Kier molecular flexibility index (Phi) is 4.24. The Hall–Kier alpha value is -1.94. The third-order valence-electron chi connectivity index (χ3n) is 4.22. The highest BCUT2D eigenvalue weighted by atomic mass is 32.2. The van der Waals surface area contributed by atoms with Gasteiger partial charge in [-0.25, -0.2) is 28.1 Å². The van der Waals surface area contributed by atoms with Crippen LogP contribution in [0.5, 0.6) is 0 Å². The van der Waals surface area contributed by atoms with Gasteiger partial charge in [-0.05, 0) is 18.7 Å². The molecule has 0 radical (unpaired) electrons. The first-order valence-electron chi connectivity index (χ1n) is 8.00. The molecule has 4 rings (SSSR count). The molecule has 0 amide bonds. The van der Waals surface area contributed by atoms with E-state index in [1.54, 1.807) is 22.6 Å². The van der Waals surface area contributed by atoms with Crippen molar-refractivity contribution in [2.45, 2.75) is 18.9 Å². The van der Waals surface area contributed by atoms with E-state index in [4.69, 9.17) is 0 Å². The van der Waals surface area contributed by atoms with Gasteiger partial charge in [0.15, 0.2) is 21.5 Å². The van der Waals surface area contributed by atoms with Crippen molar-refractivity contribution < 1.29 is 8.42 Å². The van der Waals surface area contributed by atoms with Gasteiger partial charge < -0.3 is 0 Å². The second-order valence-corrected chi connectivity index (χ2v) is 9.26. The molecule has 1 aliphatic heterocycles. The van der Waals surface area contributed by atoms with E-state index in [0.717, 1.165) is 18.0 Å². The van der Waals surface area contributed by atoms with Crippen LogP contribution in [0.3, 0.4) is 0 Å². The second-order valence-electron chi connectivity index (χ2n) is 6.05. The molecule has 0 bridgehead atoms. The summed E-state index contributed by atoms with van der Waals surface area (Å²) in [5.41, 5.74) is 0.658. The van der Waals surface area contributed by atoms with Crippen LogP contribution in [0.2, 0.25) is 0 Å². The monoisotopic (exact) mass is 378 g/mol. The summed E-state index contributed by atoms with van der Waals surface area (Å²) in [5.74, 6) is 3.14. The van der Waals surface area contributed by atoms with E-state index < -0.39 is 9.84 Å². The van der Waals surface area contributed by atoms with Gasteiger partial charge in [0.1, 0.15) is 5.69 Å². The van der Waals surface area contributed by atoms with Crippen LogP contribution in [-0.4, -0.2) is 61.1 Å². The van der Waals surface area contributed by atoms with Crippen LogP contribution < -0.4 is 0 Å². The molecule has 4 heterocycles. The van der Waals surface area contributed by atoms with Crippen LogP contribution in [0.1, 0.15) is 18.3 Å². The zero-order valence-corrected chi connectivity index (χ0v) is 15.4. The first kappa shape index (κ1) is 16.5. The maximum Gasteiger partial charge on any atom is 0.234 e. The lowest BCUT2D eigenvalue weighted by molar-refractivity contribution is 0.500. The summed E-state index contributed by atoms with van der Waals surface area (Å²) in [6.07, 6.45) is 8.75. The standard InChI is InChI=1S/C15H18N6O2S2/c1-24-7-3-13-18-14(12-9-20-6-2-5-16-15(20)17-12)21(19-13)11-4-8-25(22,23)10-11/h2,5-6,9,11H,3-4,7-8,10H2,1H3/t11-/m1/s1. The molecule has 0 saturated carbocycles. The third-order valence-corrected chi connectivity index (χ3v) is 6.59. The van der Waals surface area contributed by atoms with Crippen molar-refractivity contribution in [1.29, 1.82) is 0 Å². The molecule has 0 aromatic carbocycles. The highest BCUT2D eigenvalue weighted by Gasteiger charge is 2.32. The van der Waals surface area contributed by atoms with Crippen molar-refractivity contribution in [1.82, 2.24) is 29.1 Å². The number of sulfone groups is 1. The average Bonchev–Trinajstić information content (AvgIpc) is 3.28. The SMILES string of the molecule is CSCCc1nc(-c2cn3cccnc3n2)n([C@@H]2CCS(=O)(=O)C2)n1. The Balaban J connectivity index is 1.77. The molecule has 0 aliphatic carbocycles. The summed E-state index contributed by atoms with van der Waals surface area (Å²) in [6.45, 7) is 0. The fourth-order valence-electron chi connectivity index (χ4n) is 3.00. The molecule has 8 nitrogen and oxygen atoms in total. The van der Waals surface area contributed by atoms with Crippen LogP contribution in [0.25, 0.3) is 17.3 Å². The van der Waals surface area contributed by atoms with Crippen molar-refractivity contribution >= 4 is 27.4 Å². The van der Waals surface area contributed by atoms with E-state index >= 15 is 0 Å². The largest absolute Gasteiger partial charge is 0.290 e. The van der Waals surface area contributed by atoms with Crippen LogP contribution in [0.15, 0.2) is 24.7 Å². The molecule has 1 atom stereocenters. The molecule has 0 spiro atoms. The minimum Gasteiger partial charge on any atom is -0.290 e. The Bertz CT molecular complexity index is 977. The number of imidazole rings is 1. The van der Waals surface area contributed by atoms with Gasteiger partial charge in [0.25, 0.3) is 0 Å². The van der Waals surface area contributed by atoms with Crippen LogP contribution in [0, 0.1) is 0 Å². The van der Waals surface area contributed by atoms with Gasteiger partial charge in [-0.3, -0.25) is 4.40 Å². The van der Waals surface area contributed by atoms with E-state index in [1.165, 1.54) is 0 Å². The van der Waals surface area contributed by atoms with Gasteiger partial charge in [0, 0.05) is 30.8 Å². The fraction of sp³-hybridized carbons (Fsp3) is 0.467. The molecule has 0 N–H and O–H groups in total. The summed E-state index contributed by atoms with van der Waals surface area (Å²) in [7, 11) is -3.01. The molecule has 132 valence electrons. The quantitative estimate of drug-likeness (QED) is 0.659. The van der Waals surface area contributed by atoms with Crippen molar-refractivity contribution in [2.24, 2.45) is 0 Å². The summed E-state index contributed by atoms with van der Waals surface area (Å²) in [4.78, 5) is 13.4. The number of aromatic nitrogens is 6. The van der Waals surface area contributed by atoms with Crippen LogP contribution in [0.4, 0.5) is 0 Å². The van der Waals surface area contributed by atoms with Crippen LogP contribution >= 0.6 is 11.8 Å². The predicted molar refractivity (Wildman–Crippen MR) is 96.4 cm³/mol. The molecule has 3 aromatic heterocycles. The van der Waals surface area contributed by atoms with Crippen molar-refractivity contribution in [3.8, 4) is 11.5 Å². The Morgan fingerprint density at radius 3 is 2.96 bits per heavy atom. The van der Waals surface area contributed by atoms with Crippen molar-refractivity contribution in [3.63, 3.8) is 0 Å². The van der Waals surface area contributed by atoms with Gasteiger partial charge in [0.2, 0.25) is 5.78 Å². The summed E-state index contributed by atoms with van der Waals surface area (Å²) in [5, 5.41) is 4.60.